The number of carbonyl (C=O) groups excluding carboxylic acids is 1. The van der Waals surface area contributed by atoms with E-state index in [-0.39, 0.29) is 35.6 Å². The first-order chi connectivity index (χ1) is 15.3. The van der Waals surface area contributed by atoms with Crippen LogP contribution in [-0.4, -0.2) is 63.7 Å². The van der Waals surface area contributed by atoms with Crippen LogP contribution in [0.2, 0.25) is 0 Å². The van der Waals surface area contributed by atoms with Crippen molar-refractivity contribution in [3.8, 4) is 0 Å². The fourth-order valence-corrected chi connectivity index (χ4v) is 5.50. The molecular weight excluding hydrogens is 425 g/mol. The van der Waals surface area contributed by atoms with Crippen LogP contribution >= 0.6 is 0 Å². The highest BCUT2D eigenvalue weighted by Gasteiger charge is 2.59. The molecule has 3 heterocycles. The predicted octanol–water partition coefficient (Wildman–Crippen LogP) is 3.45. The van der Waals surface area contributed by atoms with Gasteiger partial charge in [0.2, 0.25) is 11.9 Å². The van der Waals surface area contributed by atoms with E-state index in [2.05, 4.69) is 6.58 Å². The van der Waals surface area contributed by atoms with Gasteiger partial charge >= 0.3 is 12.6 Å². The standard InChI is InChI=1S/C22H27F3N4O3/c1-2-21(30)26-9-7-15(13-26)16-11-19(14-3-5-17(23)6-4-14)28(31)20(12-16)18-8-10-27(22(24)25)29(18)32/h2-6,15-16,18-20,22H,1,7-13H2/q+2. The second-order valence-corrected chi connectivity index (χ2v) is 8.86. The second-order valence-electron chi connectivity index (χ2n) is 8.86. The van der Waals surface area contributed by atoms with Gasteiger partial charge in [-0.25, -0.2) is 4.39 Å². The van der Waals surface area contributed by atoms with Crippen LogP contribution in [0.5, 0.6) is 0 Å². The normalized spacial score (nSPS) is 30.9. The Labute approximate surface area is 184 Å². The Hall–Kier alpha value is -2.78. The first kappa shape index (κ1) is 22.4. The molecule has 0 aromatic heterocycles. The van der Waals surface area contributed by atoms with Crippen molar-refractivity contribution in [3.63, 3.8) is 0 Å². The van der Waals surface area contributed by atoms with Crippen molar-refractivity contribution in [3.05, 3.63) is 58.1 Å². The van der Waals surface area contributed by atoms with Crippen LogP contribution in [-0.2, 0) is 4.79 Å². The van der Waals surface area contributed by atoms with E-state index < -0.39 is 30.5 Å². The highest BCUT2D eigenvalue weighted by molar-refractivity contribution is 5.87. The number of nitroso groups, excluding NO2 is 2. The zero-order valence-corrected chi connectivity index (χ0v) is 17.7. The summed E-state index contributed by atoms with van der Waals surface area (Å²) >= 11 is 0. The number of benzene rings is 1. The number of likely N-dealkylation sites (tertiary alicyclic amines) is 1. The molecule has 3 aliphatic heterocycles. The van der Waals surface area contributed by atoms with Gasteiger partial charge in [0.25, 0.3) is 6.04 Å². The number of nitrogens with zero attached hydrogens (tertiary/aromatic N) is 4. The first-order valence-corrected chi connectivity index (χ1v) is 10.9. The van der Waals surface area contributed by atoms with Gasteiger partial charge < -0.3 is 4.90 Å². The predicted molar refractivity (Wildman–Crippen MR) is 109 cm³/mol. The third kappa shape index (κ3) is 4.14. The van der Waals surface area contributed by atoms with Gasteiger partial charge in [0, 0.05) is 47.6 Å². The maximum absolute atomic E-state index is 13.5. The van der Waals surface area contributed by atoms with Crippen LogP contribution in [0.25, 0.3) is 0 Å². The van der Waals surface area contributed by atoms with E-state index in [1.807, 2.05) is 0 Å². The highest BCUT2D eigenvalue weighted by atomic mass is 19.3. The van der Waals surface area contributed by atoms with Crippen molar-refractivity contribution in [2.24, 2.45) is 11.8 Å². The molecule has 0 spiro atoms. The molecule has 1 amide bonds. The summed E-state index contributed by atoms with van der Waals surface area (Å²) in [6.45, 7) is 1.63. The Kier molecular flexibility index (Phi) is 6.30. The molecule has 5 atom stereocenters. The fraction of sp³-hybridized carbons (Fsp3) is 0.591. The van der Waals surface area contributed by atoms with Crippen LogP contribution in [0.15, 0.2) is 36.9 Å². The van der Waals surface area contributed by atoms with Gasteiger partial charge in [0.1, 0.15) is 10.7 Å². The Morgan fingerprint density at radius 2 is 1.78 bits per heavy atom. The van der Waals surface area contributed by atoms with E-state index in [4.69, 9.17) is 0 Å². The Bertz CT molecular complexity index is 910. The second kappa shape index (κ2) is 8.99. The molecule has 0 aliphatic carbocycles. The molecular formula is C22H27F3N4O3+2. The van der Waals surface area contributed by atoms with Crippen molar-refractivity contribution in [1.29, 1.82) is 0 Å². The molecule has 0 saturated carbocycles. The Morgan fingerprint density at radius 1 is 1.06 bits per heavy atom. The number of hydrogen-bond acceptors (Lipinski definition) is 3. The fourth-order valence-electron chi connectivity index (χ4n) is 5.50. The lowest BCUT2D eigenvalue weighted by atomic mass is 9.75. The summed E-state index contributed by atoms with van der Waals surface area (Å²) in [5.74, 6) is -0.407. The summed E-state index contributed by atoms with van der Waals surface area (Å²) in [5.41, 5.74) is 0.634. The minimum atomic E-state index is -2.92. The Balaban J connectivity index is 1.60. The largest absolute Gasteiger partial charge is 0.362 e. The molecule has 4 rings (SSSR count). The maximum atomic E-state index is 13.5. The molecule has 172 valence electrons. The van der Waals surface area contributed by atoms with Gasteiger partial charge in [-0.15, -0.1) is 0 Å². The summed E-state index contributed by atoms with van der Waals surface area (Å²) < 4.78 is 40.7. The van der Waals surface area contributed by atoms with E-state index in [0.29, 0.717) is 36.5 Å². The SMILES string of the molecule is C=CC(=O)N1CCC(C2CC(c3ccc(F)cc3)[N+](=O)C(C3CCN(C(F)F)[N+]3=O)C2)C1. The van der Waals surface area contributed by atoms with Crippen LogP contribution in [0.1, 0.15) is 37.3 Å². The van der Waals surface area contributed by atoms with Gasteiger partial charge in [-0.1, -0.05) is 11.6 Å². The molecule has 3 saturated heterocycles. The van der Waals surface area contributed by atoms with Crippen LogP contribution in [0, 0.1) is 27.5 Å². The summed E-state index contributed by atoms with van der Waals surface area (Å²) in [5, 5.41) is 0.453. The number of rotatable bonds is 5. The molecule has 0 radical (unpaired) electrons. The van der Waals surface area contributed by atoms with E-state index >= 15 is 0 Å². The number of carbonyl (C=O) groups is 1. The van der Waals surface area contributed by atoms with E-state index in [1.165, 1.54) is 18.2 Å². The lowest BCUT2D eigenvalue weighted by Gasteiger charge is -2.32. The molecule has 3 aliphatic rings. The molecule has 5 unspecified atom stereocenters. The van der Waals surface area contributed by atoms with E-state index in [1.54, 1.807) is 17.0 Å². The lowest BCUT2D eigenvalue weighted by Crippen LogP contribution is -2.49. The molecule has 7 nitrogen and oxygen atoms in total. The van der Waals surface area contributed by atoms with Gasteiger partial charge in [0.05, 0.1) is 11.5 Å². The topological polar surface area (TPSA) is 63.7 Å². The van der Waals surface area contributed by atoms with Crippen molar-refractivity contribution >= 4 is 5.91 Å². The summed E-state index contributed by atoms with van der Waals surface area (Å²) in [6.07, 6.45) is 3.10. The van der Waals surface area contributed by atoms with Crippen molar-refractivity contribution < 1.29 is 27.6 Å². The monoisotopic (exact) mass is 452 g/mol. The lowest BCUT2D eigenvalue weighted by molar-refractivity contribution is -0.769. The minimum absolute atomic E-state index is 0.0249. The number of amides is 1. The highest BCUT2D eigenvalue weighted by Crippen LogP contribution is 2.43. The van der Waals surface area contributed by atoms with Crippen LogP contribution < -0.4 is 0 Å². The number of halogens is 3. The molecule has 32 heavy (non-hydrogen) atoms. The average molecular weight is 452 g/mol. The summed E-state index contributed by atoms with van der Waals surface area (Å²) in [4.78, 5) is 40.0. The zero-order valence-electron chi connectivity index (χ0n) is 17.7. The van der Waals surface area contributed by atoms with E-state index in [9.17, 15) is 27.8 Å². The third-order valence-corrected chi connectivity index (χ3v) is 7.20. The molecule has 0 N–H and O–H groups in total. The van der Waals surface area contributed by atoms with Crippen LogP contribution in [0.4, 0.5) is 13.2 Å². The summed E-state index contributed by atoms with van der Waals surface area (Å²) in [7, 11) is 0. The maximum Gasteiger partial charge on any atom is 0.362 e. The van der Waals surface area contributed by atoms with Crippen molar-refractivity contribution in [2.45, 2.75) is 50.4 Å². The Morgan fingerprint density at radius 3 is 2.41 bits per heavy atom. The van der Waals surface area contributed by atoms with Crippen molar-refractivity contribution in [2.75, 3.05) is 19.6 Å². The number of alkyl halides is 2. The third-order valence-electron chi connectivity index (χ3n) is 7.20. The minimum Gasteiger partial charge on any atom is -0.339 e. The number of piperidine rings is 1. The van der Waals surface area contributed by atoms with Gasteiger partial charge in [0.15, 0.2) is 0 Å². The van der Waals surface area contributed by atoms with Crippen LogP contribution in [0.3, 0.4) is 0 Å². The first-order valence-electron chi connectivity index (χ1n) is 10.9. The molecule has 10 heteroatoms. The smallest absolute Gasteiger partial charge is 0.339 e. The zero-order chi connectivity index (χ0) is 23.0. The number of hydrogen-bond donors (Lipinski definition) is 0. The van der Waals surface area contributed by atoms with Crippen molar-refractivity contribution in [1.82, 2.24) is 9.91 Å². The molecule has 0 bridgehead atoms. The van der Waals surface area contributed by atoms with Gasteiger partial charge in [-0.2, -0.15) is 8.78 Å². The van der Waals surface area contributed by atoms with Gasteiger partial charge in [-0.05, 0) is 48.6 Å². The van der Waals surface area contributed by atoms with E-state index in [0.717, 1.165) is 11.2 Å². The molecule has 1 aromatic rings. The molecule has 3 fully saturated rings. The molecule has 1 aromatic carbocycles. The summed E-state index contributed by atoms with van der Waals surface area (Å²) in [6, 6.07) is 3.43. The quantitative estimate of drug-likeness (QED) is 0.390. The average Bonchev–Trinajstić information content (AvgIpc) is 3.41. The van der Waals surface area contributed by atoms with Gasteiger partial charge in [-0.3, -0.25) is 4.79 Å². The number of hydrazine groups is 1.